The summed E-state index contributed by atoms with van der Waals surface area (Å²) in [6.45, 7) is 1.74. The number of ether oxygens (including phenoxy) is 1. The molecule has 0 aliphatic heterocycles. The van der Waals surface area contributed by atoms with Crippen molar-refractivity contribution in [2.45, 2.75) is 51.5 Å². The Balaban J connectivity index is 1.91. The van der Waals surface area contributed by atoms with Crippen LogP contribution in [0.25, 0.3) is 0 Å². The minimum absolute atomic E-state index is 0.0818. The maximum absolute atomic E-state index is 12.0. The smallest absolute Gasteiger partial charge is 0.431 e. The third-order valence-corrected chi connectivity index (χ3v) is 4.52. The quantitative estimate of drug-likeness (QED) is 0.602. The van der Waals surface area contributed by atoms with Gasteiger partial charge in [0.25, 0.3) is 5.69 Å². The molecule has 1 fully saturated rings. The molecule has 1 unspecified atom stereocenters. The number of benzene rings is 1. The lowest BCUT2D eigenvalue weighted by Gasteiger charge is -2.30. The highest BCUT2D eigenvalue weighted by atomic mass is 16.6. The average molecular weight is 365 g/mol. The second kappa shape index (κ2) is 9.02. The maximum atomic E-state index is 12.0. The molecule has 2 amide bonds. The van der Waals surface area contributed by atoms with Crippen molar-refractivity contribution in [2.24, 2.45) is 5.92 Å². The maximum Gasteiger partial charge on any atom is 0.431 e. The van der Waals surface area contributed by atoms with Crippen LogP contribution in [0.4, 0.5) is 15.3 Å². The van der Waals surface area contributed by atoms with E-state index in [1.165, 1.54) is 30.7 Å². The van der Waals surface area contributed by atoms with Gasteiger partial charge in [-0.05, 0) is 31.4 Å². The zero-order valence-corrected chi connectivity index (χ0v) is 14.6. The highest BCUT2D eigenvalue weighted by Crippen LogP contribution is 2.28. The Morgan fingerprint density at radius 2 is 1.92 bits per heavy atom. The molecule has 2 N–H and O–H groups in total. The molecule has 0 radical (unpaired) electrons. The Morgan fingerprint density at radius 3 is 2.46 bits per heavy atom. The molecule has 1 saturated carbocycles. The molecule has 0 bridgehead atoms. The van der Waals surface area contributed by atoms with E-state index in [1.54, 1.807) is 6.92 Å². The van der Waals surface area contributed by atoms with Gasteiger partial charge in [-0.1, -0.05) is 32.1 Å². The lowest BCUT2D eigenvalue weighted by atomic mass is 9.85. The Hall–Kier alpha value is -2.84. The first kappa shape index (κ1) is 19.5. The molecule has 9 heteroatoms. The largest absolute Gasteiger partial charge is 0.464 e. The van der Waals surface area contributed by atoms with Crippen LogP contribution in [-0.2, 0) is 0 Å². The standard InChI is InChI=1S/C17H23N3O6/c1-12(11-13-5-3-2-4-6-13)19(17(22)23)18-16(21)26-15-9-7-14(8-10-15)20(24)25/h7-10,12-13H,2-6,11H2,1H3,(H,18,21)(H,22,23). The summed E-state index contributed by atoms with van der Waals surface area (Å²) in [6.07, 6.45) is 4.11. The van der Waals surface area contributed by atoms with Gasteiger partial charge in [0.05, 0.1) is 11.0 Å². The number of non-ortho nitro benzene ring substituents is 1. The molecular weight excluding hydrogens is 342 g/mol. The van der Waals surface area contributed by atoms with E-state index < -0.39 is 17.1 Å². The van der Waals surface area contributed by atoms with E-state index in [4.69, 9.17) is 4.74 Å². The number of nitro benzene ring substituents is 1. The van der Waals surface area contributed by atoms with Crippen molar-refractivity contribution < 1.29 is 24.4 Å². The van der Waals surface area contributed by atoms with Crippen LogP contribution in [0, 0.1) is 16.0 Å². The number of hydrazine groups is 1. The second-order valence-electron chi connectivity index (χ2n) is 6.49. The number of hydrogen-bond donors (Lipinski definition) is 2. The summed E-state index contributed by atoms with van der Waals surface area (Å²) >= 11 is 0. The molecule has 1 aromatic rings. The molecular formula is C17H23N3O6. The molecule has 0 spiro atoms. The molecule has 2 rings (SSSR count). The van der Waals surface area contributed by atoms with Crippen LogP contribution < -0.4 is 10.2 Å². The number of carbonyl (C=O) groups excluding carboxylic acids is 1. The topological polar surface area (TPSA) is 122 Å². The van der Waals surface area contributed by atoms with Crippen molar-refractivity contribution in [3.63, 3.8) is 0 Å². The van der Waals surface area contributed by atoms with E-state index in [9.17, 15) is 24.8 Å². The number of nitrogens with one attached hydrogen (secondary N) is 1. The number of carboxylic acid groups (broad SMARTS) is 1. The Kier molecular flexibility index (Phi) is 6.76. The molecule has 0 heterocycles. The van der Waals surface area contributed by atoms with E-state index in [1.807, 2.05) is 0 Å². The van der Waals surface area contributed by atoms with Crippen molar-refractivity contribution in [3.05, 3.63) is 34.4 Å². The molecule has 1 aliphatic rings. The van der Waals surface area contributed by atoms with Gasteiger partial charge in [0.1, 0.15) is 5.75 Å². The van der Waals surface area contributed by atoms with E-state index >= 15 is 0 Å². The van der Waals surface area contributed by atoms with Gasteiger partial charge in [-0.2, -0.15) is 0 Å². The van der Waals surface area contributed by atoms with E-state index in [2.05, 4.69) is 5.43 Å². The molecule has 0 saturated heterocycles. The lowest BCUT2D eigenvalue weighted by Crippen LogP contribution is -2.51. The van der Waals surface area contributed by atoms with Gasteiger partial charge in [-0.3, -0.25) is 10.1 Å². The van der Waals surface area contributed by atoms with E-state index in [0.717, 1.165) is 30.7 Å². The number of nitro groups is 1. The van der Waals surface area contributed by atoms with Crippen molar-refractivity contribution in [2.75, 3.05) is 0 Å². The van der Waals surface area contributed by atoms with Crippen LogP contribution in [0.15, 0.2) is 24.3 Å². The van der Waals surface area contributed by atoms with Gasteiger partial charge in [0.15, 0.2) is 0 Å². The van der Waals surface area contributed by atoms with Crippen LogP contribution in [0.3, 0.4) is 0 Å². The van der Waals surface area contributed by atoms with Crippen LogP contribution in [0.2, 0.25) is 0 Å². The summed E-state index contributed by atoms with van der Waals surface area (Å²) in [5.74, 6) is 0.534. The highest BCUT2D eigenvalue weighted by molar-refractivity contribution is 5.74. The summed E-state index contributed by atoms with van der Waals surface area (Å²) in [4.78, 5) is 33.5. The Bertz CT molecular complexity index is 642. The van der Waals surface area contributed by atoms with Crippen molar-refractivity contribution in [1.82, 2.24) is 10.4 Å². The van der Waals surface area contributed by atoms with E-state index in [0.29, 0.717) is 12.3 Å². The Labute approximate surface area is 151 Å². The summed E-state index contributed by atoms with van der Waals surface area (Å²) < 4.78 is 4.99. The van der Waals surface area contributed by atoms with Crippen molar-refractivity contribution in [1.29, 1.82) is 0 Å². The summed E-state index contributed by atoms with van der Waals surface area (Å²) in [5, 5.41) is 20.8. The molecule has 9 nitrogen and oxygen atoms in total. The van der Waals surface area contributed by atoms with E-state index in [-0.39, 0.29) is 17.5 Å². The third kappa shape index (κ3) is 5.61. The van der Waals surface area contributed by atoms with Crippen LogP contribution in [-0.4, -0.2) is 33.3 Å². The number of nitrogens with zero attached hydrogens (tertiary/aromatic N) is 2. The molecule has 142 valence electrons. The van der Waals surface area contributed by atoms with Gasteiger partial charge in [-0.15, -0.1) is 0 Å². The molecule has 1 aliphatic carbocycles. The van der Waals surface area contributed by atoms with Crippen molar-refractivity contribution >= 4 is 17.9 Å². The number of amides is 2. The summed E-state index contributed by atoms with van der Waals surface area (Å²) in [7, 11) is 0. The van der Waals surface area contributed by atoms with Gasteiger partial charge < -0.3 is 9.84 Å². The fourth-order valence-corrected chi connectivity index (χ4v) is 3.22. The number of hydrogen-bond acceptors (Lipinski definition) is 5. The molecule has 0 aromatic heterocycles. The number of carbonyl (C=O) groups is 2. The fraction of sp³-hybridized carbons (Fsp3) is 0.529. The average Bonchev–Trinajstić information content (AvgIpc) is 2.60. The van der Waals surface area contributed by atoms with Gasteiger partial charge >= 0.3 is 12.2 Å². The summed E-state index contributed by atoms with van der Waals surface area (Å²) in [5.41, 5.74) is 2.10. The minimum Gasteiger partial charge on any atom is -0.464 e. The fourth-order valence-electron chi connectivity index (χ4n) is 3.22. The van der Waals surface area contributed by atoms with Gasteiger partial charge in [0, 0.05) is 12.1 Å². The predicted octanol–water partition coefficient (Wildman–Crippen LogP) is 3.94. The zero-order chi connectivity index (χ0) is 19.1. The SMILES string of the molecule is CC(CC1CCCCC1)N(NC(=O)Oc1ccc([N+](=O)[O-])cc1)C(=O)O. The molecule has 1 aromatic carbocycles. The first-order valence-corrected chi connectivity index (χ1v) is 8.62. The van der Waals surface area contributed by atoms with Crippen LogP contribution in [0.1, 0.15) is 45.4 Å². The number of rotatable bonds is 5. The van der Waals surface area contributed by atoms with Crippen LogP contribution in [0.5, 0.6) is 5.75 Å². The molecule has 1 atom stereocenters. The zero-order valence-electron chi connectivity index (χ0n) is 14.6. The van der Waals surface area contributed by atoms with Crippen molar-refractivity contribution in [3.8, 4) is 5.75 Å². The van der Waals surface area contributed by atoms with Gasteiger partial charge in [0.2, 0.25) is 0 Å². The Morgan fingerprint density at radius 1 is 1.31 bits per heavy atom. The molecule has 26 heavy (non-hydrogen) atoms. The monoisotopic (exact) mass is 365 g/mol. The first-order chi connectivity index (χ1) is 12.4. The predicted molar refractivity (Wildman–Crippen MR) is 92.8 cm³/mol. The second-order valence-corrected chi connectivity index (χ2v) is 6.49. The summed E-state index contributed by atoms with van der Waals surface area (Å²) in [6, 6.07) is 4.55. The third-order valence-electron chi connectivity index (χ3n) is 4.52. The lowest BCUT2D eigenvalue weighted by molar-refractivity contribution is -0.384. The normalized spacial score (nSPS) is 15.7. The van der Waals surface area contributed by atoms with Gasteiger partial charge in [-0.25, -0.2) is 20.0 Å². The van der Waals surface area contributed by atoms with Crippen LogP contribution >= 0.6 is 0 Å². The minimum atomic E-state index is -1.27. The highest BCUT2D eigenvalue weighted by Gasteiger charge is 2.26. The first-order valence-electron chi connectivity index (χ1n) is 8.62.